The number of H-pyrrole nitrogens is 1. The fraction of sp³-hybridized carbons (Fsp3) is 0.722. The number of fused-ring (bicyclic) bond motifs is 1. The summed E-state index contributed by atoms with van der Waals surface area (Å²) in [5.41, 5.74) is 0.725. The Morgan fingerprint density at radius 2 is 2.13 bits per heavy atom. The molecule has 1 amide bonds. The fourth-order valence-electron chi connectivity index (χ4n) is 4.86. The Bertz CT molecular complexity index is 537. The van der Waals surface area contributed by atoms with Crippen LogP contribution in [0.5, 0.6) is 0 Å². The van der Waals surface area contributed by atoms with E-state index in [1.54, 1.807) is 0 Å². The molecule has 1 aromatic heterocycles. The number of aromatic amines is 1. The molecular weight excluding hydrogens is 288 g/mol. The van der Waals surface area contributed by atoms with Crippen molar-refractivity contribution in [2.24, 2.45) is 5.92 Å². The quantitative estimate of drug-likeness (QED) is 0.922. The summed E-state index contributed by atoms with van der Waals surface area (Å²) >= 11 is 0. The lowest BCUT2D eigenvalue weighted by Gasteiger charge is -2.37. The maximum absolute atomic E-state index is 12.6. The zero-order valence-electron chi connectivity index (χ0n) is 14.1. The second-order valence-electron chi connectivity index (χ2n) is 7.51. The summed E-state index contributed by atoms with van der Waals surface area (Å²) < 4.78 is 0. The first-order valence-electron chi connectivity index (χ1n) is 9.09. The van der Waals surface area contributed by atoms with Gasteiger partial charge in [0.15, 0.2) is 0 Å². The Morgan fingerprint density at radius 1 is 1.30 bits per heavy atom. The topological polar surface area (TPSA) is 42.6 Å². The fourth-order valence-corrected chi connectivity index (χ4v) is 4.86. The van der Waals surface area contributed by atoms with Crippen molar-refractivity contribution in [3.05, 3.63) is 24.0 Å². The molecule has 0 radical (unpaired) electrons. The highest BCUT2D eigenvalue weighted by Crippen LogP contribution is 2.35. The van der Waals surface area contributed by atoms with Crippen LogP contribution in [0.1, 0.15) is 36.2 Å². The molecule has 126 valence electrons. The van der Waals surface area contributed by atoms with E-state index >= 15 is 0 Å². The van der Waals surface area contributed by atoms with Crippen molar-refractivity contribution in [1.82, 2.24) is 19.7 Å². The standard InChI is InChI=1S/C18H28N4O/c1-20-15(13-21-8-2-3-9-21)11-14-12-22(10-6-17(14)20)18(23)16-5-4-7-19-16/h4-5,7,14-15,17,19H,2-3,6,8-13H2,1H3/t14-,15+,17+/m1/s1. The lowest BCUT2D eigenvalue weighted by Crippen LogP contribution is -2.48. The number of aromatic nitrogens is 1. The predicted molar refractivity (Wildman–Crippen MR) is 90.4 cm³/mol. The summed E-state index contributed by atoms with van der Waals surface area (Å²) in [5, 5.41) is 0. The van der Waals surface area contributed by atoms with Crippen molar-refractivity contribution in [3.63, 3.8) is 0 Å². The molecule has 4 rings (SSSR count). The van der Waals surface area contributed by atoms with E-state index in [2.05, 4.69) is 26.7 Å². The molecule has 0 bridgehead atoms. The molecule has 5 nitrogen and oxygen atoms in total. The molecule has 3 aliphatic heterocycles. The van der Waals surface area contributed by atoms with Crippen molar-refractivity contribution >= 4 is 5.91 Å². The molecular formula is C18H28N4O. The minimum Gasteiger partial charge on any atom is -0.357 e. The van der Waals surface area contributed by atoms with Crippen molar-refractivity contribution in [1.29, 1.82) is 0 Å². The third-order valence-electron chi connectivity index (χ3n) is 6.15. The molecule has 3 aliphatic rings. The maximum atomic E-state index is 12.6. The van der Waals surface area contributed by atoms with E-state index in [9.17, 15) is 4.79 Å². The normalized spacial score (nSPS) is 32.4. The van der Waals surface area contributed by atoms with Gasteiger partial charge >= 0.3 is 0 Å². The zero-order chi connectivity index (χ0) is 15.8. The van der Waals surface area contributed by atoms with Gasteiger partial charge in [0.1, 0.15) is 5.69 Å². The number of hydrogen-bond donors (Lipinski definition) is 1. The molecule has 0 saturated carbocycles. The number of hydrogen-bond acceptors (Lipinski definition) is 3. The van der Waals surface area contributed by atoms with Crippen molar-refractivity contribution < 1.29 is 4.79 Å². The summed E-state index contributed by atoms with van der Waals surface area (Å²) in [7, 11) is 2.30. The number of carbonyl (C=O) groups excluding carboxylic acids is 1. The van der Waals surface area contributed by atoms with Crippen LogP contribution in [0.25, 0.3) is 0 Å². The molecule has 0 aliphatic carbocycles. The van der Waals surface area contributed by atoms with Crippen LogP contribution in [-0.2, 0) is 0 Å². The van der Waals surface area contributed by atoms with Gasteiger partial charge in [0.2, 0.25) is 0 Å². The minimum absolute atomic E-state index is 0.166. The van der Waals surface area contributed by atoms with E-state index in [-0.39, 0.29) is 5.91 Å². The Balaban J connectivity index is 1.38. The Hall–Kier alpha value is -1.33. The van der Waals surface area contributed by atoms with Crippen LogP contribution in [0, 0.1) is 5.92 Å². The van der Waals surface area contributed by atoms with Crippen LogP contribution in [0.15, 0.2) is 18.3 Å². The Morgan fingerprint density at radius 3 is 2.87 bits per heavy atom. The second kappa shape index (κ2) is 6.29. The van der Waals surface area contributed by atoms with Gasteiger partial charge in [0, 0.05) is 37.9 Å². The van der Waals surface area contributed by atoms with Crippen molar-refractivity contribution in [3.8, 4) is 0 Å². The molecule has 5 heteroatoms. The number of likely N-dealkylation sites (N-methyl/N-ethyl adjacent to an activating group) is 1. The van der Waals surface area contributed by atoms with Gasteiger partial charge in [-0.05, 0) is 63.9 Å². The number of piperidine rings is 1. The predicted octanol–water partition coefficient (Wildman–Crippen LogP) is 1.65. The molecule has 4 heterocycles. The van der Waals surface area contributed by atoms with E-state index in [1.807, 2.05) is 18.3 Å². The van der Waals surface area contributed by atoms with Crippen LogP contribution in [0.4, 0.5) is 0 Å². The summed E-state index contributed by atoms with van der Waals surface area (Å²) in [5.74, 6) is 0.805. The van der Waals surface area contributed by atoms with E-state index in [4.69, 9.17) is 0 Å². The molecule has 0 spiro atoms. The van der Waals surface area contributed by atoms with E-state index < -0.39 is 0 Å². The number of amides is 1. The number of rotatable bonds is 3. The molecule has 1 aromatic rings. The molecule has 0 unspecified atom stereocenters. The monoisotopic (exact) mass is 316 g/mol. The minimum atomic E-state index is 0.166. The van der Waals surface area contributed by atoms with Gasteiger partial charge in [0.25, 0.3) is 5.91 Å². The van der Waals surface area contributed by atoms with Gasteiger partial charge in [-0.1, -0.05) is 0 Å². The van der Waals surface area contributed by atoms with Crippen molar-refractivity contribution in [2.45, 2.75) is 37.8 Å². The van der Waals surface area contributed by atoms with Crippen LogP contribution >= 0.6 is 0 Å². The van der Waals surface area contributed by atoms with Gasteiger partial charge < -0.3 is 14.8 Å². The van der Waals surface area contributed by atoms with Gasteiger partial charge in [-0.2, -0.15) is 0 Å². The molecule has 23 heavy (non-hydrogen) atoms. The summed E-state index contributed by atoms with van der Waals surface area (Å²) in [4.78, 5) is 22.9. The average molecular weight is 316 g/mol. The van der Waals surface area contributed by atoms with Crippen LogP contribution in [0.3, 0.4) is 0 Å². The number of carbonyl (C=O) groups is 1. The highest BCUT2D eigenvalue weighted by molar-refractivity contribution is 5.92. The van der Waals surface area contributed by atoms with Crippen LogP contribution in [-0.4, -0.2) is 77.4 Å². The summed E-state index contributed by atoms with van der Waals surface area (Å²) in [6, 6.07) is 5.11. The van der Waals surface area contributed by atoms with Gasteiger partial charge in [-0.25, -0.2) is 0 Å². The second-order valence-corrected chi connectivity index (χ2v) is 7.51. The first-order chi connectivity index (χ1) is 11.2. The van der Waals surface area contributed by atoms with Crippen LogP contribution in [0.2, 0.25) is 0 Å². The third kappa shape index (κ3) is 2.92. The molecule has 1 N–H and O–H groups in total. The maximum Gasteiger partial charge on any atom is 0.270 e. The SMILES string of the molecule is CN1[C@H](CN2CCCC2)C[C@@H]2CN(C(=O)c3ccc[nH]3)CC[C@@H]21. The number of nitrogens with zero attached hydrogens (tertiary/aromatic N) is 3. The first kappa shape index (κ1) is 15.2. The van der Waals surface area contributed by atoms with E-state index in [0.29, 0.717) is 18.0 Å². The van der Waals surface area contributed by atoms with Crippen molar-refractivity contribution in [2.75, 3.05) is 39.8 Å². The third-order valence-corrected chi connectivity index (χ3v) is 6.15. The molecule has 3 fully saturated rings. The summed E-state index contributed by atoms with van der Waals surface area (Å²) in [6.07, 6.45) is 6.91. The lowest BCUT2D eigenvalue weighted by atomic mass is 9.92. The molecule has 3 saturated heterocycles. The average Bonchev–Trinajstić information content (AvgIpc) is 3.30. The van der Waals surface area contributed by atoms with E-state index in [1.165, 1.54) is 38.9 Å². The number of likely N-dealkylation sites (tertiary alicyclic amines) is 3. The smallest absolute Gasteiger partial charge is 0.270 e. The van der Waals surface area contributed by atoms with Gasteiger partial charge in [-0.15, -0.1) is 0 Å². The first-order valence-corrected chi connectivity index (χ1v) is 9.09. The summed E-state index contributed by atoms with van der Waals surface area (Å²) in [6.45, 7) is 5.57. The number of nitrogens with one attached hydrogen (secondary N) is 1. The largest absolute Gasteiger partial charge is 0.357 e. The molecule has 0 aromatic carbocycles. The highest BCUT2D eigenvalue weighted by Gasteiger charge is 2.43. The van der Waals surface area contributed by atoms with Gasteiger partial charge in [0.05, 0.1) is 0 Å². The Labute approximate surface area is 138 Å². The highest BCUT2D eigenvalue weighted by atomic mass is 16.2. The Kier molecular flexibility index (Phi) is 4.16. The van der Waals surface area contributed by atoms with Gasteiger partial charge in [-0.3, -0.25) is 9.69 Å². The zero-order valence-corrected chi connectivity index (χ0v) is 14.1. The van der Waals surface area contributed by atoms with E-state index in [0.717, 1.165) is 25.2 Å². The lowest BCUT2D eigenvalue weighted by molar-refractivity contribution is 0.0600. The molecule has 3 atom stereocenters. The van der Waals surface area contributed by atoms with Crippen LogP contribution < -0.4 is 0 Å².